The maximum Gasteiger partial charge on any atom is 0.411 e. The Morgan fingerprint density at radius 3 is 2.26 bits per heavy atom. The molecule has 0 aliphatic rings. The van der Waals surface area contributed by atoms with Crippen molar-refractivity contribution in [3.8, 4) is 0 Å². The summed E-state index contributed by atoms with van der Waals surface area (Å²) in [7, 11) is 0. The van der Waals surface area contributed by atoms with Gasteiger partial charge in [0.25, 0.3) is 0 Å². The van der Waals surface area contributed by atoms with Gasteiger partial charge in [0.05, 0.1) is 18.0 Å². The van der Waals surface area contributed by atoms with Crippen LogP contribution in [0.5, 0.6) is 0 Å². The van der Waals surface area contributed by atoms with Crippen LogP contribution in [-0.2, 0) is 4.74 Å². The molecule has 0 saturated heterocycles. The van der Waals surface area contributed by atoms with Gasteiger partial charge in [-0.15, -0.1) is 0 Å². The molecule has 23 heavy (non-hydrogen) atoms. The van der Waals surface area contributed by atoms with E-state index in [1.807, 2.05) is 30.3 Å². The predicted molar refractivity (Wildman–Crippen MR) is 91.6 cm³/mol. The van der Waals surface area contributed by atoms with Crippen molar-refractivity contribution in [2.75, 3.05) is 11.9 Å². The Balaban J connectivity index is 1.82. The number of hydrogen-bond donors (Lipinski definition) is 1. The highest BCUT2D eigenvalue weighted by atomic mass is 16.5. The third kappa shape index (κ3) is 6.30. The molecule has 5 heteroatoms. The summed E-state index contributed by atoms with van der Waals surface area (Å²) in [5.74, 6) is 0. The molecule has 1 N–H and O–H groups in total. The lowest BCUT2D eigenvalue weighted by atomic mass is 10.3. The van der Waals surface area contributed by atoms with Crippen LogP contribution in [0.25, 0.3) is 0 Å². The van der Waals surface area contributed by atoms with Gasteiger partial charge in [0.2, 0.25) is 0 Å². The second-order valence-corrected chi connectivity index (χ2v) is 5.05. The molecule has 0 heterocycles. The van der Waals surface area contributed by atoms with Gasteiger partial charge in [0.15, 0.2) is 0 Å². The van der Waals surface area contributed by atoms with E-state index in [2.05, 4.69) is 22.5 Å². The Bertz CT molecular complexity index is 624. The van der Waals surface area contributed by atoms with Crippen molar-refractivity contribution in [3.05, 3.63) is 54.6 Å². The lowest BCUT2D eigenvalue weighted by Crippen LogP contribution is -2.14. The van der Waals surface area contributed by atoms with Gasteiger partial charge in [0.1, 0.15) is 0 Å². The molecule has 2 aromatic rings. The van der Waals surface area contributed by atoms with E-state index in [4.69, 9.17) is 4.74 Å². The Hall–Kier alpha value is -2.69. The number of carbonyl (C=O) groups excluding carboxylic acids is 1. The molecule has 2 aromatic carbocycles. The van der Waals surface area contributed by atoms with Crippen molar-refractivity contribution >= 4 is 23.2 Å². The average molecular weight is 311 g/mol. The number of amides is 1. The molecule has 0 aromatic heterocycles. The maximum atomic E-state index is 11.6. The minimum absolute atomic E-state index is 0.431. The number of nitrogens with one attached hydrogen (secondary N) is 1. The number of carbonyl (C=O) groups is 1. The Labute approximate surface area is 136 Å². The second kappa shape index (κ2) is 9.35. The van der Waals surface area contributed by atoms with Gasteiger partial charge >= 0.3 is 6.09 Å². The van der Waals surface area contributed by atoms with Gasteiger partial charge < -0.3 is 4.74 Å². The Morgan fingerprint density at radius 2 is 1.61 bits per heavy atom. The number of benzene rings is 2. The first kappa shape index (κ1) is 16.7. The number of nitrogens with zero attached hydrogens (tertiary/aromatic N) is 2. The first-order chi connectivity index (χ1) is 11.3. The highest BCUT2D eigenvalue weighted by Gasteiger charge is 2.02. The van der Waals surface area contributed by atoms with Crippen molar-refractivity contribution in [2.24, 2.45) is 10.2 Å². The number of rotatable bonds is 7. The van der Waals surface area contributed by atoms with E-state index in [9.17, 15) is 4.79 Å². The summed E-state index contributed by atoms with van der Waals surface area (Å²) >= 11 is 0. The molecular formula is C18H21N3O2. The van der Waals surface area contributed by atoms with E-state index >= 15 is 0 Å². The van der Waals surface area contributed by atoms with Gasteiger partial charge in [-0.25, -0.2) is 4.79 Å². The summed E-state index contributed by atoms with van der Waals surface area (Å²) in [6.45, 7) is 2.56. The molecule has 0 unspecified atom stereocenters. The summed E-state index contributed by atoms with van der Waals surface area (Å²) < 4.78 is 5.09. The highest BCUT2D eigenvalue weighted by Crippen LogP contribution is 2.20. The third-order valence-corrected chi connectivity index (χ3v) is 3.13. The minimum Gasteiger partial charge on any atom is -0.449 e. The number of azo groups is 1. The fourth-order valence-electron chi connectivity index (χ4n) is 1.89. The summed E-state index contributed by atoms with van der Waals surface area (Å²) in [6.07, 6.45) is 2.63. The van der Waals surface area contributed by atoms with E-state index < -0.39 is 6.09 Å². The van der Waals surface area contributed by atoms with Crippen LogP contribution in [-0.4, -0.2) is 12.7 Å². The van der Waals surface area contributed by atoms with E-state index in [1.54, 1.807) is 24.3 Å². The maximum absolute atomic E-state index is 11.6. The predicted octanol–water partition coefficient (Wildman–Crippen LogP) is 5.84. The van der Waals surface area contributed by atoms with Crippen LogP contribution < -0.4 is 5.32 Å². The van der Waals surface area contributed by atoms with Crippen LogP contribution in [0.3, 0.4) is 0 Å². The Morgan fingerprint density at radius 1 is 0.957 bits per heavy atom. The molecule has 0 aliphatic heterocycles. The average Bonchev–Trinajstić information content (AvgIpc) is 2.59. The second-order valence-electron chi connectivity index (χ2n) is 5.05. The molecule has 0 atom stereocenters. The van der Waals surface area contributed by atoms with Crippen molar-refractivity contribution in [1.82, 2.24) is 0 Å². The smallest absolute Gasteiger partial charge is 0.411 e. The normalized spacial score (nSPS) is 10.7. The van der Waals surface area contributed by atoms with Gasteiger partial charge in [-0.1, -0.05) is 38.0 Å². The van der Waals surface area contributed by atoms with Gasteiger partial charge in [-0.3, -0.25) is 5.32 Å². The standard InChI is InChI=1S/C18H21N3O2/c1-2-3-7-14-23-18(22)19-15-10-12-17(13-11-15)21-20-16-8-5-4-6-9-16/h4-6,8-13H,2-3,7,14H2,1H3,(H,19,22). The van der Waals surface area contributed by atoms with Crippen molar-refractivity contribution < 1.29 is 9.53 Å². The van der Waals surface area contributed by atoms with E-state index in [0.717, 1.165) is 30.6 Å². The Kier molecular flexibility index (Phi) is 6.78. The van der Waals surface area contributed by atoms with Crippen LogP contribution in [0, 0.1) is 0 Å². The monoisotopic (exact) mass is 311 g/mol. The summed E-state index contributed by atoms with van der Waals surface area (Å²) in [6, 6.07) is 16.6. The van der Waals surface area contributed by atoms with Crippen LogP contribution in [0.1, 0.15) is 26.2 Å². The summed E-state index contributed by atoms with van der Waals surface area (Å²) in [5, 5.41) is 11.0. The molecule has 0 spiro atoms. The molecule has 120 valence electrons. The summed E-state index contributed by atoms with van der Waals surface area (Å²) in [5.41, 5.74) is 2.19. The van der Waals surface area contributed by atoms with Gasteiger partial charge in [0, 0.05) is 5.69 Å². The van der Waals surface area contributed by atoms with Crippen LogP contribution in [0.2, 0.25) is 0 Å². The molecule has 0 saturated carbocycles. The number of anilines is 1. The van der Waals surface area contributed by atoms with Crippen LogP contribution >= 0.6 is 0 Å². The lowest BCUT2D eigenvalue weighted by Gasteiger charge is -2.06. The first-order valence-corrected chi connectivity index (χ1v) is 7.78. The summed E-state index contributed by atoms with van der Waals surface area (Å²) in [4.78, 5) is 11.6. The fraction of sp³-hybridized carbons (Fsp3) is 0.278. The van der Waals surface area contributed by atoms with Crippen molar-refractivity contribution in [2.45, 2.75) is 26.2 Å². The third-order valence-electron chi connectivity index (χ3n) is 3.13. The molecule has 5 nitrogen and oxygen atoms in total. The largest absolute Gasteiger partial charge is 0.449 e. The molecule has 0 fully saturated rings. The molecule has 1 amide bonds. The fourth-order valence-corrected chi connectivity index (χ4v) is 1.89. The molecule has 0 radical (unpaired) electrons. The zero-order chi connectivity index (χ0) is 16.3. The zero-order valence-electron chi connectivity index (χ0n) is 13.2. The highest BCUT2D eigenvalue weighted by molar-refractivity contribution is 5.84. The molecule has 0 aliphatic carbocycles. The van der Waals surface area contributed by atoms with E-state index in [-0.39, 0.29) is 0 Å². The minimum atomic E-state index is -0.431. The zero-order valence-corrected chi connectivity index (χ0v) is 13.2. The SMILES string of the molecule is CCCCCOC(=O)Nc1ccc(N=Nc2ccccc2)cc1. The number of unbranched alkanes of at least 4 members (excludes halogenated alkanes) is 2. The molecular weight excluding hydrogens is 290 g/mol. The molecule has 0 bridgehead atoms. The lowest BCUT2D eigenvalue weighted by molar-refractivity contribution is 0.159. The van der Waals surface area contributed by atoms with Crippen LogP contribution in [0.4, 0.5) is 21.9 Å². The van der Waals surface area contributed by atoms with Gasteiger partial charge in [-0.2, -0.15) is 10.2 Å². The van der Waals surface area contributed by atoms with Gasteiger partial charge in [-0.05, 0) is 42.8 Å². The topological polar surface area (TPSA) is 63.0 Å². The van der Waals surface area contributed by atoms with Crippen LogP contribution in [0.15, 0.2) is 64.8 Å². The number of ether oxygens (including phenoxy) is 1. The molecule has 2 rings (SSSR count). The first-order valence-electron chi connectivity index (χ1n) is 7.78. The number of hydrogen-bond acceptors (Lipinski definition) is 4. The van der Waals surface area contributed by atoms with E-state index in [1.165, 1.54) is 0 Å². The van der Waals surface area contributed by atoms with E-state index in [0.29, 0.717) is 12.3 Å². The van der Waals surface area contributed by atoms with Crippen molar-refractivity contribution in [3.63, 3.8) is 0 Å². The van der Waals surface area contributed by atoms with Crippen molar-refractivity contribution in [1.29, 1.82) is 0 Å². The quantitative estimate of drug-likeness (QED) is 0.515.